The smallest absolute Gasteiger partial charge is 0.163 e. The van der Waals surface area contributed by atoms with Gasteiger partial charge >= 0.3 is 0 Å². The van der Waals surface area contributed by atoms with Gasteiger partial charge in [0.2, 0.25) is 0 Å². The minimum Gasteiger partial charge on any atom is -0.633 e. The number of rotatable bonds is 12. The van der Waals surface area contributed by atoms with Crippen molar-refractivity contribution in [2.45, 2.75) is 62.6 Å². The molecule has 2 N–H and O–H groups in total. The first-order valence-electron chi connectivity index (χ1n) is 18.3. The van der Waals surface area contributed by atoms with Crippen LogP contribution in [0.2, 0.25) is 10.0 Å². The van der Waals surface area contributed by atoms with E-state index in [1.165, 1.54) is 48.5 Å². The van der Waals surface area contributed by atoms with Gasteiger partial charge in [-0.05, 0) is 83.9 Å². The number of carbonyl (C=O) groups is 2. The molecule has 0 radical (unpaired) electrons. The van der Waals surface area contributed by atoms with Crippen molar-refractivity contribution < 1.29 is 37.9 Å². The van der Waals surface area contributed by atoms with Gasteiger partial charge in [-0.15, -0.1) is 0 Å². The van der Waals surface area contributed by atoms with Crippen molar-refractivity contribution in [3.63, 3.8) is 0 Å². The zero-order chi connectivity index (χ0) is 39.0. The molecule has 0 aliphatic carbocycles. The Hall–Kier alpha value is -3.58. The maximum atomic E-state index is 12.9. The third-order valence-corrected chi connectivity index (χ3v) is 11.3. The summed E-state index contributed by atoms with van der Waals surface area (Å²) in [4.78, 5) is 24.3. The summed E-state index contributed by atoms with van der Waals surface area (Å²) in [7, 11) is 0. The maximum absolute atomic E-state index is 12.9. The van der Waals surface area contributed by atoms with Gasteiger partial charge in [0.15, 0.2) is 11.6 Å². The Bertz CT molecular complexity index is 1710. The van der Waals surface area contributed by atoms with Crippen molar-refractivity contribution in [1.82, 2.24) is 0 Å². The highest BCUT2D eigenvalue weighted by molar-refractivity contribution is 6.30. The van der Waals surface area contributed by atoms with Crippen molar-refractivity contribution in [3.8, 4) is 0 Å². The lowest BCUT2D eigenvalue weighted by molar-refractivity contribution is -0.888. The third-order valence-electron chi connectivity index (χ3n) is 10.8. The molecule has 2 fully saturated rings. The highest BCUT2D eigenvalue weighted by Gasteiger charge is 2.40. The summed E-state index contributed by atoms with van der Waals surface area (Å²) >= 11 is 11.8. The monoisotopic (exact) mass is 782 g/mol. The number of halogens is 4. The van der Waals surface area contributed by atoms with Crippen LogP contribution in [-0.4, -0.2) is 70.3 Å². The SMILES string of the molecule is O=C(CCC[N+]1([O-])CCC(O)(c2ccc(Cl)cc2)CC1)c1ccc(F)cc1.O=C(CCC[N+]1([O-])CCC(O)(c2ccc(Cl)cc2)CC1)c1ccc(F)cc1. The van der Waals surface area contributed by atoms with Gasteiger partial charge in [-0.25, -0.2) is 8.78 Å². The number of hydrogen-bond donors (Lipinski definition) is 2. The summed E-state index contributed by atoms with van der Waals surface area (Å²) in [5, 5.41) is 48.8. The van der Waals surface area contributed by atoms with E-state index in [0.717, 1.165) is 11.1 Å². The molecule has 0 amide bonds. The van der Waals surface area contributed by atoms with Crippen LogP contribution in [0.5, 0.6) is 0 Å². The van der Waals surface area contributed by atoms with Gasteiger partial charge in [-0.2, -0.15) is 0 Å². The Morgan fingerprint density at radius 1 is 0.556 bits per heavy atom. The van der Waals surface area contributed by atoms with Crippen molar-refractivity contribution in [2.24, 2.45) is 0 Å². The number of quaternary nitrogens is 2. The number of benzene rings is 4. The van der Waals surface area contributed by atoms with Gasteiger partial charge in [0.05, 0.1) is 39.3 Å². The number of likely N-dealkylation sites (tertiary alicyclic amines) is 2. The van der Waals surface area contributed by atoms with E-state index in [1.807, 2.05) is 0 Å². The number of Topliss-reactive ketones (excluding diaryl/α,β-unsaturated/α-hetero) is 2. The average Bonchev–Trinajstić information content (AvgIpc) is 3.16. The van der Waals surface area contributed by atoms with Crippen molar-refractivity contribution in [2.75, 3.05) is 39.3 Å². The van der Waals surface area contributed by atoms with E-state index in [2.05, 4.69) is 0 Å². The molecule has 0 saturated carbocycles. The van der Waals surface area contributed by atoms with E-state index in [0.29, 0.717) is 99.0 Å². The molecule has 0 aromatic heterocycles. The first-order valence-corrected chi connectivity index (χ1v) is 19.0. The number of ketones is 2. The zero-order valence-electron chi connectivity index (χ0n) is 30.1. The van der Waals surface area contributed by atoms with Gasteiger partial charge in [-0.1, -0.05) is 47.5 Å². The van der Waals surface area contributed by atoms with Crippen LogP contribution in [0.25, 0.3) is 0 Å². The summed E-state index contributed by atoms with van der Waals surface area (Å²) in [6.45, 7) is 1.91. The predicted octanol–water partition coefficient (Wildman–Crippen LogP) is 8.88. The fourth-order valence-electron chi connectivity index (χ4n) is 7.19. The Morgan fingerprint density at radius 3 is 1.15 bits per heavy atom. The minimum absolute atomic E-state index is 0.0868. The number of aliphatic hydroxyl groups is 2. The lowest BCUT2D eigenvalue weighted by atomic mass is 9.84. The molecule has 0 spiro atoms. The van der Waals surface area contributed by atoms with E-state index in [9.17, 15) is 39.0 Å². The molecule has 0 atom stereocenters. The Labute approximate surface area is 324 Å². The lowest BCUT2D eigenvalue weighted by Crippen LogP contribution is -2.53. The van der Waals surface area contributed by atoms with Crippen molar-refractivity contribution in [3.05, 3.63) is 151 Å². The second-order valence-corrected chi connectivity index (χ2v) is 15.5. The van der Waals surface area contributed by atoms with Crippen LogP contribution in [0.15, 0.2) is 97.1 Å². The van der Waals surface area contributed by atoms with Gasteiger partial charge < -0.3 is 29.9 Å². The van der Waals surface area contributed by atoms with Crippen molar-refractivity contribution in [1.29, 1.82) is 0 Å². The topological polar surface area (TPSA) is 121 Å². The highest BCUT2D eigenvalue weighted by Crippen LogP contribution is 2.37. The summed E-state index contributed by atoms with van der Waals surface area (Å²) in [5.74, 6) is -0.929. The molecule has 2 aliphatic heterocycles. The maximum Gasteiger partial charge on any atom is 0.163 e. The normalized spacial score (nSPS) is 25.3. The molecular formula is C42H46Cl2F2N2O6. The molecule has 8 nitrogen and oxygen atoms in total. The quantitative estimate of drug-likeness (QED) is 0.0842. The largest absolute Gasteiger partial charge is 0.633 e. The van der Waals surface area contributed by atoms with E-state index < -0.39 is 20.5 Å². The number of nitrogens with zero attached hydrogens (tertiary/aromatic N) is 2. The molecule has 2 saturated heterocycles. The standard InChI is InChI=1S/2C21H23ClFNO3/c2*22-18-7-5-17(6-8-18)21(26)11-14-24(27,15-12-21)13-1-2-20(25)16-3-9-19(23)10-4-16/h2*3-10,26H,1-2,11-15H2. The summed E-state index contributed by atoms with van der Waals surface area (Å²) < 4.78 is 25.0. The zero-order valence-corrected chi connectivity index (χ0v) is 31.6. The third kappa shape index (κ3) is 11.2. The molecule has 2 aliphatic rings. The molecule has 0 bridgehead atoms. The van der Waals surface area contributed by atoms with Crippen LogP contribution >= 0.6 is 23.2 Å². The first kappa shape index (κ1) is 41.6. The minimum atomic E-state index is -0.999. The van der Waals surface area contributed by atoms with Crippen LogP contribution < -0.4 is 0 Å². The second kappa shape index (κ2) is 17.9. The van der Waals surface area contributed by atoms with Gasteiger partial charge in [0.25, 0.3) is 0 Å². The second-order valence-electron chi connectivity index (χ2n) is 14.6. The predicted molar refractivity (Wildman–Crippen MR) is 206 cm³/mol. The molecule has 4 aromatic rings. The van der Waals surface area contributed by atoms with Crippen LogP contribution in [0, 0.1) is 22.0 Å². The van der Waals surface area contributed by atoms with Gasteiger partial charge in [0.1, 0.15) is 22.8 Å². The number of hydrogen-bond acceptors (Lipinski definition) is 6. The fourth-order valence-corrected chi connectivity index (χ4v) is 7.44. The highest BCUT2D eigenvalue weighted by atomic mass is 35.5. The van der Waals surface area contributed by atoms with Crippen LogP contribution in [-0.2, 0) is 11.2 Å². The number of piperidine rings is 2. The molecule has 4 aromatic carbocycles. The Morgan fingerprint density at radius 2 is 0.852 bits per heavy atom. The van der Waals surface area contributed by atoms with E-state index in [4.69, 9.17) is 23.2 Å². The molecule has 12 heteroatoms. The summed E-state index contributed by atoms with van der Waals surface area (Å²) in [6, 6.07) is 25.1. The van der Waals surface area contributed by atoms with Gasteiger partial charge in [-0.3, -0.25) is 9.59 Å². The van der Waals surface area contributed by atoms with E-state index >= 15 is 0 Å². The molecule has 6 rings (SSSR count). The molecule has 288 valence electrons. The van der Waals surface area contributed by atoms with E-state index in [1.54, 1.807) is 48.5 Å². The van der Waals surface area contributed by atoms with E-state index in [-0.39, 0.29) is 36.0 Å². The molecule has 2 heterocycles. The average molecular weight is 784 g/mol. The molecular weight excluding hydrogens is 737 g/mol. The number of hydroxylamine groups is 6. The molecule has 54 heavy (non-hydrogen) atoms. The Balaban J connectivity index is 0.000000208. The molecule has 0 unspecified atom stereocenters. The van der Waals surface area contributed by atoms with Crippen LogP contribution in [0.1, 0.15) is 83.2 Å². The summed E-state index contributed by atoms with van der Waals surface area (Å²) in [6.07, 6.45) is 2.98. The Kier molecular flexibility index (Phi) is 13.8. The first-order chi connectivity index (χ1) is 25.6. The van der Waals surface area contributed by atoms with Crippen LogP contribution in [0.3, 0.4) is 0 Å². The van der Waals surface area contributed by atoms with Crippen molar-refractivity contribution >= 4 is 34.8 Å². The van der Waals surface area contributed by atoms with Gasteiger partial charge in [0, 0.05) is 72.5 Å². The fraction of sp³-hybridized carbons (Fsp3) is 0.381. The lowest BCUT2D eigenvalue weighted by Gasteiger charge is -2.50. The summed E-state index contributed by atoms with van der Waals surface area (Å²) in [5.41, 5.74) is 0.491. The number of carbonyl (C=O) groups excluding carboxylic acids is 2. The van der Waals surface area contributed by atoms with Crippen LogP contribution in [0.4, 0.5) is 8.78 Å².